The number of nitrogens with zero attached hydrogens (tertiary/aromatic N) is 2. The Hall–Kier alpha value is -4.54. The molecule has 11 heteroatoms. The minimum atomic E-state index is -1.04. The molecule has 3 aliphatic heterocycles. The highest BCUT2D eigenvalue weighted by Crippen LogP contribution is 2.37. The average Bonchev–Trinajstić information content (AvgIpc) is 3.55. The molecule has 6 rings (SSSR count). The first kappa shape index (κ1) is 32.4. The van der Waals surface area contributed by atoms with Gasteiger partial charge < -0.3 is 25.1 Å². The van der Waals surface area contributed by atoms with Crippen molar-refractivity contribution in [3.8, 4) is 0 Å². The van der Waals surface area contributed by atoms with Crippen LogP contribution in [-0.2, 0) is 25.6 Å². The summed E-state index contributed by atoms with van der Waals surface area (Å²) in [6.45, 7) is 7.27. The average molecular weight is 659 g/mol. The largest absolute Gasteiger partial charge is 0.456 e. The molecule has 0 bridgehead atoms. The Labute approximate surface area is 277 Å². The summed E-state index contributed by atoms with van der Waals surface area (Å²) in [5, 5.41) is 10.3. The normalized spacial score (nSPS) is 19.2. The first-order valence-corrected chi connectivity index (χ1v) is 16.0. The fourth-order valence-electron chi connectivity index (χ4n) is 6.18. The predicted molar refractivity (Wildman–Crippen MR) is 178 cm³/mol. The summed E-state index contributed by atoms with van der Waals surface area (Å²) in [6.07, 6.45) is 2.55. The van der Waals surface area contributed by atoms with Crippen LogP contribution in [0.1, 0.15) is 72.3 Å². The van der Waals surface area contributed by atoms with Gasteiger partial charge in [0.2, 0.25) is 6.10 Å². The summed E-state index contributed by atoms with van der Waals surface area (Å²) in [5.74, 6) is -1.94. The Morgan fingerprint density at radius 1 is 1.04 bits per heavy atom. The fraction of sp³-hybridized carbons (Fsp3) is 0.333. The quantitative estimate of drug-likeness (QED) is 0.311. The minimum Gasteiger partial charge on any atom is -0.456 e. The number of halogens is 2. The molecule has 3 aromatic carbocycles. The molecule has 3 heterocycles. The molecule has 1 unspecified atom stereocenters. The van der Waals surface area contributed by atoms with E-state index in [1.807, 2.05) is 12.1 Å². The molecule has 244 valence electrons. The number of oxime groups is 1. The van der Waals surface area contributed by atoms with Crippen molar-refractivity contribution in [1.29, 1.82) is 0 Å². The second-order valence-corrected chi connectivity index (χ2v) is 13.2. The highest BCUT2D eigenvalue weighted by atomic mass is 35.5. The minimum absolute atomic E-state index is 0.0276. The Morgan fingerprint density at radius 3 is 2.51 bits per heavy atom. The van der Waals surface area contributed by atoms with E-state index in [-0.39, 0.29) is 29.3 Å². The fourth-order valence-corrected chi connectivity index (χ4v) is 6.35. The zero-order valence-electron chi connectivity index (χ0n) is 26.4. The smallest absolute Gasteiger partial charge is 0.338 e. The number of anilines is 1. The van der Waals surface area contributed by atoms with Crippen LogP contribution in [0, 0.1) is 5.82 Å². The molecule has 0 fully saturated rings. The highest BCUT2D eigenvalue weighted by molar-refractivity contribution is 6.31. The number of hydrogen-bond acceptors (Lipinski definition) is 7. The molecule has 0 saturated carbocycles. The van der Waals surface area contributed by atoms with Gasteiger partial charge in [0.25, 0.3) is 11.8 Å². The van der Waals surface area contributed by atoms with Crippen LogP contribution in [0.3, 0.4) is 0 Å². The number of rotatable bonds is 6. The van der Waals surface area contributed by atoms with E-state index in [0.717, 1.165) is 36.2 Å². The lowest BCUT2D eigenvalue weighted by Gasteiger charge is -2.38. The van der Waals surface area contributed by atoms with Gasteiger partial charge in [0.1, 0.15) is 11.6 Å². The van der Waals surface area contributed by atoms with Crippen molar-refractivity contribution in [2.75, 3.05) is 25.0 Å². The topological polar surface area (TPSA) is 109 Å². The maximum Gasteiger partial charge on any atom is 0.338 e. The van der Waals surface area contributed by atoms with E-state index in [4.69, 9.17) is 21.2 Å². The van der Waals surface area contributed by atoms with E-state index in [9.17, 15) is 18.8 Å². The van der Waals surface area contributed by atoms with Gasteiger partial charge in [-0.05, 0) is 98.8 Å². The molecule has 0 radical (unpaired) electrons. The summed E-state index contributed by atoms with van der Waals surface area (Å²) < 4.78 is 20.2. The SMILES string of the molecule is CC(C)(C)OC(=O)c1ccc(NC(=O)[C@@H]2c3cccc(C4=CCNCC4)c3CCN2C(=O)C2CC(c3cccc(Cl)c3F)=NO2)cc1. The number of nitrogens with one attached hydrogen (secondary N) is 2. The third-order valence-corrected chi connectivity index (χ3v) is 8.65. The van der Waals surface area contributed by atoms with Crippen LogP contribution in [0.2, 0.25) is 5.02 Å². The van der Waals surface area contributed by atoms with Crippen LogP contribution < -0.4 is 10.6 Å². The van der Waals surface area contributed by atoms with Gasteiger partial charge in [-0.25, -0.2) is 9.18 Å². The van der Waals surface area contributed by atoms with E-state index in [2.05, 4.69) is 27.9 Å². The van der Waals surface area contributed by atoms with Crippen LogP contribution in [0.25, 0.3) is 5.57 Å². The van der Waals surface area contributed by atoms with Gasteiger partial charge in [0, 0.05) is 30.8 Å². The van der Waals surface area contributed by atoms with Gasteiger partial charge in [-0.2, -0.15) is 0 Å². The van der Waals surface area contributed by atoms with Gasteiger partial charge >= 0.3 is 5.97 Å². The summed E-state index contributed by atoms with van der Waals surface area (Å²) in [4.78, 5) is 47.8. The molecular weight excluding hydrogens is 623 g/mol. The van der Waals surface area contributed by atoms with Crippen molar-refractivity contribution in [3.05, 3.63) is 105 Å². The number of esters is 1. The number of hydrogen-bond donors (Lipinski definition) is 2. The van der Waals surface area contributed by atoms with E-state index in [0.29, 0.717) is 17.7 Å². The van der Waals surface area contributed by atoms with Gasteiger partial charge in [0.15, 0.2) is 5.82 Å². The van der Waals surface area contributed by atoms with Gasteiger partial charge in [-0.15, -0.1) is 0 Å². The van der Waals surface area contributed by atoms with Crippen LogP contribution >= 0.6 is 11.6 Å². The molecule has 3 aliphatic rings. The summed E-state index contributed by atoms with van der Waals surface area (Å²) in [7, 11) is 0. The third kappa shape index (κ3) is 6.94. The van der Waals surface area contributed by atoms with Gasteiger partial charge in [-0.1, -0.05) is 47.1 Å². The lowest BCUT2D eigenvalue weighted by atomic mass is 9.84. The van der Waals surface area contributed by atoms with Crippen molar-refractivity contribution in [1.82, 2.24) is 10.2 Å². The number of amides is 2. The Balaban J connectivity index is 1.28. The van der Waals surface area contributed by atoms with Crippen molar-refractivity contribution in [2.24, 2.45) is 5.16 Å². The molecule has 2 atom stereocenters. The molecule has 47 heavy (non-hydrogen) atoms. The molecule has 0 aliphatic carbocycles. The molecule has 0 spiro atoms. The Morgan fingerprint density at radius 2 is 1.79 bits per heavy atom. The van der Waals surface area contributed by atoms with Crippen LogP contribution in [-0.4, -0.2) is 59.7 Å². The van der Waals surface area contributed by atoms with Crippen LogP contribution in [0.5, 0.6) is 0 Å². The zero-order valence-corrected chi connectivity index (χ0v) is 27.2. The van der Waals surface area contributed by atoms with Crippen LogP contribution in [0.4, 0.5) is 10.1 Å². The molecule has 2 N–H and O–H groups in total. The van der Waals surface area contributed by atoms with E-state index >= 15 is 0 Å². The first-order valence-electron chi connectivity index (χ1n) is 15.6. The number of carbonyl (C=O) groups is 3. The first-order chi connectivity index (χ1) is 22.5. The number of ether oxygens (including phenoxy) is 1. The van der Waals surface area contributed by atoms with Gasteiger partial charge in [-0.3, -0.25) is 9.59 Å². The lowest BCUT2D eigenvalue weighted by Crippen LogP contribution is -2.49. The monoisotopic (exact) mass is 658 g/mol. The number of fused-ring (bicyclic) bond motifs is 1. The predicted octanol–water partition coefficient (Wildman–Crippen LogP) is 6.07. The molecule has 3 aromatic rings. The van der Waals surface area contributed by atoms with E-state index in [1.54, 1.807) is 51.1 Å². The maximum atomic E-state index is 14.8. The van der Waals surface area contributed by atoms with Crippen LogP contribution in [0.15, 0.2) is 71.9 Å². The second kappa shape index (κ2) is 13.3. The van der Waals surface area contributed by atoms with Crippen molar-refractivity contribution < 1.29 is 28.3 Å². The molecular formula is C36H36ClFN4O5. The second-order valence-electron chi connectivity index (χ2n) is 12.7. The third-order valence-electron chi connectivity index (χ3n) is 8.36. The molecule has 2 amide bonds. The Kier molecular flexibility index (Phi) is 9.16. The highest BCUT2D eigenvalue weighted by Gasteiger charge is 2.42. The van der Waals surface area contributed by atoms with Crippen molar-refractivity contribution in [2.45, 2.75) is 57.8 Å². The van der Waals surface area contributed by atoms with Crippen molar-refractivity contribution in [3.63, 3.8) is 0 Å². The molecule has 0 saturated heterocycles. The van der Waals surface area contributed by atoms with Crippen molar-refractivity contribution >= 4 is 46.4 Å². The molecule has 9 nitrogen and oxygen atoms in total. The number of carbonyl (C=O) groups excluding carboxylic acids is 3. The Bertz CT molecular complexity index is 1780. The summed E-state index contributed by atoms with van der Waals surface area (Å²) >= 11 is 5.98. The summed E-state index contributed by atoms with van der Waals surface area (Å²) in [5.41, 5.74) is 4.63. The summed E-state index contributed by atoms with van der Waals surface area (Å²) in [6, 6.07) is 15.9. The number of benzene rings is 3. The zero-order chi connectivity index (χ0) is 33.3. The van der Waals surface area contributed by atoms with Gasteiger partial charge in [0.05, 0.1) is 16.3 Å². The molecule has 0 aromatic heterocycles. The standard InChI is InChI=1S/C36H36ClFN4O5/c1-36(2,3)46-35(45)22-10-12-23(13-11-22)40-33(43)32-26-7-4-6-24(21-14-17-39-18-15-21)25(26)16-19-42(32)34(44)30-20-29(41-47-30)27-8-5-9-28(37)31(27)38/h4-14,30,32,39H,15-20H2,1-3H3,(H,40,43)/t30?,32-/m0/s1. The van der Waals surface area contributed by atoms with E-state index in [1.165, 1.54) is 22.6 Å². The van der Waals surface area contributed by atoms with E-state index < -0.39 is 41.3 Å². The lowest BCUT2D eigenvalue weighted by molar-refractivity contribution is -0.148. The maximum absolute atomic E-state index is 14.8.